The first-order valence-corrected chi connectivity index (χ1v) is 12.5. The molecule has 1 atom stereocenters. The molecule has 3 rings (SSSR count). The number of halogens is 1. The van der Waals surface area contributed by atoms with Gasteiger partial charge in [0.2, 0.25) is 5.91 Å². The molecule has 0 aliphatic carbocycles. The molecule has 1 amide bonds. The molecule has 0 saturated carbocycles. The van der Waals surface area contributed by atoms with Crippen LogP contribution in [0.5, 0.6) is 11.5 Å². The first kappa shape index (κ1) is 25.9. The van der Waals surface area contributed by atoms with Gasteiger partial charge < -0.3 is 19.4 Å². The number of benzene rings is 2. The first-order valence-electron chi connectivity index (χ1n) is 11.2. The average Bonchev–Trinajstić information content (AvgIpc) is 3.23. The Hall–Kier alpha value is -2.71. The predicted octanol–water partition coefficient (Wildman–Crippen LogP) is 6.52. The molecule has 182 valence electrons. The molecule has 1 unspecified atom stereocenters. The van der Waals surface area contributed by atoms with E-state index >= 15 is 0 Å². The van der Waals surface area contributed by atoms with Crippen molar-refractivity contribution >= 4 is 35.0 Å². The molecule has 0 radical (unpaired) electrons. The minimum atomic E-state index is -0.307. The number of nitrogens with zero attached hydrogens (tertiary/aromatic N) is 3. The molecule has 0 bridgehead atoms. The number of thioether (sulfide) groups is 1. The van der Waals surface area contributed by atoms with Crippen molar-refractivity contribution in [3.8, 4) is 11.5 Å². The Labute approximate surface area is 210 Å². The van der Waals surface area contributed by atoms with Crippen LogP contribution in [0.3, 0.4) is 0 Å². The lowest BCUT2D eigenvalue weighted by molar-refractivity contribution is -0.113. The Morgan fingerprint density at radius 2 is 1.79 bits per heavy atom. The monoisotopic (exact) mass is 502 g/mol. The van der Waals surface area contributed by atoms with Crippen molar-refractivity contribution < 1.29 is 14.3 Å². The van der Waals surface area contributed by atoms with Crippen LogP contribution in [0, 0.1) is 0 Å². The maximum absolute atomic E-state index is 12.6. The van der Waals surface area contributed by atoms with Gasteiger partial charge in [0, 0.05) is 11.1 Å². The largest absolute Gasteiger partial charge is 0.495 e. The van der Waals surface area contributed by atoms with Gasteiger partial charge in [0.15, 0.2) is 17.1 Å². The third-order valence-corrected chi connectivity index (χ3v) is 6.38. The van der Waals surface area contributed by atoms with Crippen molar-refractivity contribution in [1.29, 1.82) is 0 Å². The number of amides is 1. The van der Waals surface area contributed by atoms with Gasteiger partial charge in [-0.15, -0.1) is 10.2 Å². The van der Waals surface area contributed by atoms with Crippen molar-refractivity contribution in [3.05, 3.63) is 58.9 Å². The summed E-state index contributed by atoms with van der Waals surface area (Å²) < 4.78 is 13.4. The van der Waals surface area contributed by atoms with E-state index in [1.54, 1.807) is 25.3 Å². The van der Waals surface area contributed by atoms with Crippen molar-refractivity contribution in [2.24, 2.45) is 0 Å². The van der Waals surface area contributed by atoms with Crippen molar-refractivity contribution in [2.45, 2.75) is 57.8 Å². The van der Waals surface area contributed by atoms with Crippen LogP contribution in [-0.4, -0.2) is 33.5 Å². The van der Waals surface area contributed by atoms with Crippen LogP contribution in [0.1, 0.15) is 64.1 Å². The van der Waals surface area contributed by atoms with E-state index in [0.717, 1.165) is 5.75 Å². The maximum atomic E-state index is 12.6. The number of methoxy groups -OCH3 is 1. The van der Waals surface area contributed by atoms with Gasteiger partial charge in [0.25, 0.3) is 0 Å². The highest BCUT2D eigenvalue weighted by Gasteiger charge is 2.22. The number of hydrogen-bond acceptors (Lipinski definition) is 6. The summed E-state index contributed by atoms with van der Waals surface area (Å²) in [5.74, 6) is 2.46. The zero-order chi connectivity index (χ0) is 24.8. The van der Waals surface area contributed by atoms with Crippen LogP contribution in [0.25, 0.3) is 0 Å². The number of hydrogen-bond donors (Lipinski definition) is 1. The van der Waals surface area contributed by atoms with Crippen molar-refractivity contribution in [2.75, 3.05) is 18.2 Å². The highest BCUT2D eigenvalue weighted by Crippen LogP contribution is 2.30. The summed E-state index contributed by atoms with van der Waals surface area (Å²) in [5.41, 5.74) is 1.79. The molecule has 7 nitrogen and oxygen atoms in total. The van der Waals surface area contributed by atoms with Gasteiger partial charge >= 0.3 is 0 Å². The number of anilines is 1. The standard InChI is InChI=1S/C25H31ClN4O3S/c1-15(2)18-7-10-20(11-8-18)33-17(5)24-28-29-25(30(24)16(3)4)34-14-23(31)27-21-13-19(26)9-12-22(21)32-6/h7-13,15-17H,14H2,1-6H3,(H,27,31). The zero-order valence-corrected chi connectivity index (χ0v) is 21.9. The first-order chi connectivity index (χ1) is 16.2. The van der Waals surface area contributed by atoms with Crippen molar-refractivity contribution in [3.63, 3.8) is 0 Å². The molecule has 9 heteroatoms. The Kier molecular flexibility index (Phi) is 8.85. The van der Waals surface area contributed by atoms with E-state index in [9.17, 15) is 4.79 Å². The highest BCUT2D eigenvalue weighted by atomic mass is 35.5. The normalized spacial score (nSPS) is 12.1. The van der Waals surface area contributed by atoms with E-state index in [2.05, 4.69) is 55.3 Å². The predicted molar refractivity (Wildman–Crippen MR) is 137 cm³/mol. The Morgan fingerprint density at radius 3 is 2.41 bits per heavy atom. The summed E-state index contributed by atoms with van der Waals surface area (Å²) in [5, 5.41) is 12.7. The second kappa shape index (κ2) is 11.6. The molecule has 3 aromatic rings. The molecule has 1 heterocycles. The number of aromatic nitrogens is 3. The van der Waals surface area contributed by atoms with Gasteiger partial charge in [-0.1, -0.05) is 49.3 Å². The molecule has 0 fully saturated rings. The van der Waals surface area contributed by atoms with Crippen molar-refractivity contribution in [1.82, 2.24) is 14.8 Å². The van der Waals surface area contributed by atoms with Gasteiger partial charge in [0.1, 0.15) is 11.5 Å². The lowest BCUT2D eigenvalue weighted by atomic mass is 10.0. The third kappa shape index (κ3) is 6.45. The quantitative estimate of drug-likeness (QED) is 0.318. The van der Waals surface area contributed by atoms with E-state index in [4.69, 9.17) is 21.1 Å². The molecule has 1 N–H and O–H groups in total. The van der Waals surface area contributed by atoms with Crippen LogP contribution in [0.4, 0.5) is 5.69 Å². The summed E-state index contributed by atoms with van der Waals surface area (Å²) in [6, 6.07) is 13.3. The van der Waals surface area contributed by atoms with Crippen LogP contribution < -0.4 is 14.8 Å². The van der Waals surface area contributed by atoms with E-state index in [1.807, 2.05) is 23.6 Å². The Bertz CT molecular complexity index is 1120. The highest BCUT2D eigenvalue weighted by molar-refractivity contribution is 7.99. The van der Waals surface area contributed by atoms with Gasteiger partial charge in [-0.2, -0.15) is 0 Å². The summed E-state index contributed by atoms with van der Waals surface area (Å²) in [6.45, 7) is 10.4. The molecule has 0 aliphatic heterocycles. The fourth-order valence-corrected chi connectivity index (χ4v) is 4.48. The Balaban J connectivity index is 1.68. The SMILES string of the molecule is COc1ccc(Cl)cc1NC(=O)CSc1nnc(C(C)Oc2ccc(C(C)C)cc2)n1C(C)C. The molecule has 2 aromatic carbocycles. The summed E-state index contributed by atoms with van der Waals surface area (Å²) in [6.07, 6.45) is -0.307. The van der Waals surface area contributed by atoms with Crippen LogP contribution in [-0.2, 0) is 4.79 Å². The molecule has 0 spiro atoms. The van der Waals surface area contributed by atoms with Gasteiger partial charge in [-0.05, 0) is 62.6 Å². The number of nitrogens with one attached hydrogen (secondary N) is 1. The number of carbonyl (C=O) groups excluding carboxylic acids is 1. The van der Waals surface area contributed by atoms with E-state index < -0.39 is 0 Å². The molecule has 1 aromatic heterocycles. The summed E-state index contributed by atoms with van der Waals surface area (Å²) in [4.78, 5) is 12.6. The van der Waals surface area contributed by atoms with E-state index in [0.29, 0.717) is 33.4 Å². The minimum absolute atomic E-state index is 0.0953. The molecule has 0 aliphatic rings. The molecule has 0 saturated heterocycles. The van der Waals surface area contributed by atoms with Crippen LogP contribution in [0.2, 0.25) is 5.02 Å². The van der Waals surface area contributed by atoms with Crippen LogP contribution in [0.15, 0.2) is 47.6 Å². The molecular formula is C25H31ClN4O3S. The second-order valence-electron chi connectivity index (χ2n) is 8.47. The lowest BCUT2D eigenvalue weighted by Gasteiger charge is -2.19. The topological polar surface area (TPSA) is 78.3 Å². The molecule has 34 heavy (non-hydrogen) atoms. The van der Waals surface area contributed by atoms with E-state index in [1.165, 1.54) is 17.3 Å². The summed E-state index contributed by atoms with van der Waals surface area (Å²) >= 11 is 7.37. The third-order valence-electron chi connectivity index (χ3n) is 5.20. The van der Waals surface area contributed by atoms with E-state index in [-0.39, 0.29) is 23.8 Å². The summed E-state index contributed by atoms with van der Waals surface area (Å²) in [7, 11) is 1.54. The lowest BCUT2D eigenvalue weighted by Crippen LogP contribution is -2.17. The van der Waals surface area contributed by atoms with Crippen LogP contribution >= 0.6 is 23.4 Å². The molecular weight excluding hydrogens is 472 g/mol. The van der Waals surface area contributed by atoms with Gasteiger partial charge in [-0.3, -0.25) is 4.79 Å². The Morgan fingerprint density at radius 1 is 1.09 bits per heavy atom. The maximum Gasteiger partial charge on any atom is 0.234 e. The second-order valence-corrected chi connectivity index (χ2v) is 9.85. The van der Waals surface area contributed by atoms with Gasteiger partial charge in [-0.25, -0.2) is 0 Å². The minimum Gasteiger partial charge on any atom is -0.495 e. The number of ether oxygens (including phenoxy) is 2. The number of rotatable bonds is 10. The number of carbonyl (C=O) groups is 1. The smallest absolute Gasteiger partial charge is 0.234 e. The fraction of sp³-hybridized carbons (Fsp3) is 0.400. The zero-order valence-electron chi connectivity index (χ0n) is 20.3. The van der Waals surface area contributed by atoms with Gasteiger partial charge in [0.05, 0.1) is 18.6 Å². The average molecular weight is 503 g/mol. The fourth-order valence-electron chi connectivity index (χ4n) is 3.43.